The van der Waals surface area contributed by atoms with Crippen LogP contribution >= 0.6 is 0 Å². The van der Waals surface area contributed by atoms with Crippen molar-refractivity contribution in [2.24, 2.45) is 0 Å². The van der Waals surface area contributed by atoms with Crippen molar-refractivity contribution >= 4 is 5.97 Å². The third kappa shape index (κ3) is 2.73. The highest BCUT2D eigenvalue weighted by molar-refractivity contribution is 5.81. The van der Waals surface area contributed by atoms with Crippen LogP contribution in [-0.2, 0) is 9.53 Å². The van der Waals surface area contributed by atoms with Gasteiger partial charge in [0.2, 0.25) is 0 Å². The molecule has 3 fully saturated rings. The second-order valence-corrected chi connectivity index (χ2v) is 6.99. The summed E-state index contributed by atoms with van der Waals surface area (Å²) in [5.41, 5.74) is -0.420. The van der Waals surface area contributed by atoms with Crippen molar-refractivity contribution < 1.29 is 9.53 Å². The Balaban J connectivity index is 1.70. The molecule has 0 aromatic rings. The third-order valence-electron chi connectivity index (χ3n) is 5.59. The molecule has 0 aromatic heterocycles. The monoisotopic (exact) mass is 280 g/mol. The van der Waals surface area contributed by atoms with Gasteiger partial charge in [-0.2, -0.15) is 0 Å². The summed E-state index contributed by atoms with van der Waals surface area (Å²) in [5.74, 6) is -0.0453. The summed E-state index contributed by atoms with van der Waals surface area (Å²) in [5, 5.41) is 3.62. The Bertz CT molecular complexity index is 365. The van der Waals surface area contributed by atoms with Gasteiger partial charge in [0.05, 0.1) is 7.11 Å². The van der Waals surface area contributed by atoms with E-state index in [1.165, 1.54) is 45.6 Å². The number of hydrogen-bond acceptors (Lipinski definition) is 4. The topological polar surface area (TPSA) is 41.6 Å². The van der Waals surface area contributed by atoms with E-state index >= 15 is 0 Å². The van der Waals surface area contributed by atoms with E-state index < -0.39 is 5.54 Å². The number of nitrogens with zero attached hydrogens (tertiary/aromatic N) is 1. The lowest BCUT2D eigenvalue weighted by molar-refractivity contribution is -0.151. The fourth-order valence-corrected chi connectivity index (χ4v) is 3.87. The Morgan fingerprint density at radius 2 is 1.85 bits per heavy atom. The van der Waals surface area contributed by atoms with Crippen molar-refractivity contribution in [1.82, 2.24) is 10.2 Å². The molecule has 4 nitrogen and oxygen atoms in total. The normalized spacial score (nSPS) is 34.9. The molecule has 0 aromatic carbocycles. The molecule has 1 N–H and O–H groups in total. The van der Waals surface area contributed by atoms with E-state index in [2.05, 4.69) is 17.3 Å². The second kappa shape index (κ2) is 5.64. The Kier molecular flexibility index (Phi) is 4.04. The second-order valence-electron chi connectivity index (χ2n) is 6.99. The highest BCUT2D eigenvalue weighted by atomic mass is 16.5. The number of carbonyl (C=O) groups is 1. The van der Waals surface area contributed by atoms with Gasteiger partial charge in [-0.15, -0.1) is 0 Å². The summed E-state index contributed by atoms with van der Waals surface area (Å²) in [6, 6.07) is 1.82. The molecule has 0 amide bonds. The van der Waals surface area contributed by atoms with Crippen molar-refractivity contribution in [1.29, 1.82) is 0 Å². The van der Waals surface area contributed by atoms with Gasteiger partial charge < -0.3 is 9.64 Å². The zero-order valence-corrected chi connectivity index (χ0v) is 12.9. The van der Waals surface area contributed by atoms with Crippen LogP contribution in [0.4, 0.5) is 0 Å². The summed E-state index contributed by atoms with van der Waals surface area (Å²) >= 11 is 0. The Labute approximate surface area is 122 Å². The quantitative estimate of drug-likeness (QED) is 0.783. The van der Waals surface area contributed by atoms with Crippen LogP contribution < -0.4 is 5.32 Å². The first-order valence-corrected chi connectivity index (χ1v) is 8.23. The van der Waals surface area contributed by atoms with Gasteiger partial charge in [-0.3, -0.25) is 10.1 Å². The molecule has 0 radical (unpaired) electrons. The van der Waals surface area contributed by atoms with E-state index in [0.29, 0.717) is 12.1 Å². The molecule has 3 aliphatic rings. The minimum absolute atomic E-state index is 0.0453. The molecule has 2 atom stereocenters. The molecule has 2 unspecified atom stereocenters. The summed E-state index contributed by atoms with van der Waals surface area (Å²) < 4.78 is 5.13. The van der Waals surface area contributed by atoms with Gasteiger partial charge >= 0.3 is 5.97 Å². The number of carbonyl (C=O) groups excluding carboxylic acids is 1. The fourth-order valence-electron chi connectivity index (χ4n) is 3.87. The van der Waals surface area contributed by atoms with Crippen molar-refractivity contribution in [2.75, 3.05) is 14.2 Å². The predicted molar refractivity (Wildman–Crippen MR) is 78.6 cm³/mol. The van der Waals surface area contributed by atoms with E-state index in [-0.39, 0.29) is 5.97 Å². The number of rotatable bonds is 5. The van der Waals surface area contributed by atoms with Gasteiger partial charge in [-0.1, -0.05) is 6.42 Å². The molecule has 3 saturated carbocycles. The average Bonchev–Trinajstić information content (AvgIpc) is 3.19. The molecule has 0 bridgehead atoms. The van der Waals surface area contributed by atoms with Gasteiger partial charge in [-0.25, -0.2) is 0 Å². The zero-order chi connectivity index (χ0) is 14.2. The highest BCUT2D eigenvalue weighted by Gasteiger charge is 2.48. The number of ether oxygens (including phenoxy) is 1. The lowest BCUT2D eigenvalue weighted by atomic mass is 9.77. The maximum atomic E-state index is 12.4. The van der Waals surface area contributed by atoms with Crippen LogP contribution in [0.1, 0.15) is 57.8 Å². The van der Waals surface area contributed by atoms with E-state index in [4.69, 9.17) is 4.74 Å². The molecule has 0 heterocycles. The molecule has 4 heteroatoms. The zero-order valence-electron chi connectivity index (χ0n) is 12.9. The molecule has 20 heavy (non-hydrogen) atoms. The molecule has 114 valence electrons. The van der Waals surface area contributed by atoms with Crippen LogP contribution in [0.15, 0.2) is 0 Å². The van der Waals surface area contributed by atoms with Gasteiger partial charge in [0.25, 0.3) is 0 Å². The largest absolute Gasteiger partial charge is 0.468 e. The number of esters is 1. The van der Waals surface area contributed by atoms with E-state index in [9.17, 15) is 4.79 Å². The molecule has 3 rings (SSSR count). The van der Waals surface area contributed by atoms with Crippen molar-refractivity contribution in [3.8, 4) is 0 Å². The van der Waals surface area contributed by atoms with Crippen LogP contribution in [0, 0.1) is 0 Å². The molecule has 0 aliphatic heterocycles. The maximum absolute atomic E-state index is 12.4. The molecular formula is C16H28N2O2. The van der Waals surface area contributed by atoms with Gasteiger partial charge in [0, 0.05) is 18.1 Å². The van der Waals surface area contributed by atoms with Crippen LogP contribution in [0.25, 0.3) is 0 Å². The van der Waals surface area contributed by atoms with E-state index in [0.717, 1.165) is 25.3 Å². The Hall–Kier alpha value is -0.610. The first-order valence-electron chi connectivity index (χ1n) is 8.23. The smallest absolute Gasteiger partial charge is 0.326 e. The Morgan fingerprint density at radius 1 is 1.15 bits per heavy atom. The van der Waals surface area contributed by atoms with Crippen molar-refractivity contribution in [3.63, 3.8) is 0 Å². The van der Waals surface area contributed by atoms with Crippen molar-refractivity contribution in [3.05, 3.63) is 0 Å². The maximum Gasteiger partial charge on any atom is 0.326 e. The van der Waals surface area contributed by atoms with Crippen LogP contribution in [0.2, 0.25) is 0 Å². The van der Waals surface area contributed by atoms with Gasteiger partial charge in [0.15, 0.2) is 0 Å². The summed E-state index contributed by atoms with van der Waals surface area (Å²) in [7, 11) is 3.77. The van der Waals surface area contributed by atoms with E-state index in [1.807, 2.05) is 0 Å². The molecule has 0 spiro atoms. The Morgan fingerprint density at radius 3 is 2.40 bits per heavy atom. The minimum Gasteiger partial charge on any atom is -0.468 e. The molecule has 3 aliphatic carbocycles. The highest BCUT2D eigenvalue weighted by Crippen LogP contribution is 2.37. The summed E-state index contributed by atoms with van der Waals surface area (Å²) in [4.78, 5) is 14.9. The first-order chi connectivity index (χ1) is 9.64. The lowest BCUT2D eigenvalue weighted by Crippen LogP contribution is -2.60. The number of methoxy groups -OCH3 is 1. The van der Waals surface area contributed by atoms with Gasteiger partial charge in [-0.05, 0) is 58.4 Å². The predicted octanol–water partition coefficient (Wildman–Crippen LogP) is 2.08. The summed E-state index contributed by atoms with van der Waals surface area (Å²) in [6.07, 6.45) is 10.6. The molecular weight excluding hydrogens is 252 g/mol. The summed E-state index contributed by atoms with van der Waals surface area (Å²) in [6.45, 7) is 0. The van der Waals surface area contributed by atoms with Gasteiger partial charge in [0.1, 0.15) is 5.54 Å². The third-order valence-corrected chi connectivity index (χ3v) is 5.59. The average molecular weight is 280 g/mol. The number of nitrogens with one attached hydrogen (secondary N) is 1. The first kappa shape index (κ1) is 14.3. The standard InChI is InChI=1S/C16H28N2O2/c1-18(13-5-3-6-13)14-7-4-10-16(11-14,15(19)20-2)17-12-8-9-12/h12-14,17H,3-11H2,1-2H3. The van der Waals surface area contributed by atoms with Crippen LogP contribution in [0.3, 0.4) is 0 Å². The van der Waals surface area contributed by atoms with E-state index in [1.54, 1.807) is 0 Å². The lowest BCUT2D eigenvalue weighted by Gasteiger charge is -2.46. The van der Waals surface area contributed by atoms with Crippen molar-refractivity contribution in [2.45, 2.75) is 81.5 Å². The SMILES string of the molecule is COC(=O)C1(NC2CC2)CCCC(N(C)C2CCC2)C1. The van der Waals surface area contributed by atoms with Crippen LogP contribution in [0.5, 0.6) is 0 Å². The molecule has 0 saturated heterocycles. The van der Waals surface area contributed by atoms with Crippen LogP contribution in [-0.4, -0.2) is 48.7 Å². The number of hydrogen-bond donors (Lipinski definition) is 1. The minimum atomic E-state index is -0.420. The fraction of sp³-hybridized carbons (Fsp3) is 0.938.